The van der Waals surface area contributed by atoms with E-state index in [0.29, 0.717) is 36.2 Å². The molecular weight excluding hydrogens is 817 g/mol. The summed E-state index contributed by atoms with van der Waals surface area (Å²) in [6.45, 7) is 20.1. The fourth-order valence-corrected chi connectivity index (χ4v) is 13.5. The van der Waals surface area contributed by atoms with Gasteiger partial charge in [0.25, 0.3) is 0 Å². The summed E-state index contributed by atoms with van der Waals surface area (Å²) < 4.78 is 0. The molecule has 4 fully saturated rings. The van der Waals surface area contributed by atoms with Crippen LogP contribution in [0.25, 0.3) is 0 Å². The number of aromatic hydroxyl groups is 6. The van der Waals surface area contributed by atoms with Crippen molar-refractivity contribution in [3.05, 3.63) is 173 Å². The van der Waals surface area contributed by atoms with Crippen LogP contribution in [0.4, 0.5) is 0 Å². The maximum Gasteiger partial charge on any atom is 0.122 e. The standard InChI is InChI=1S/C60H68O6/c1-11-41-22-43(24-49(57(41)65)55(45-13-35(7)51(61)17-31(45)3)46-14-36(8)52(62)18-32(46)4)59-26-39-21-40(27-59)29-60(28-39,30-59)44-23-42(12-2)58(66)50(25-44)56(47-15-37(9)53(63)19-33(47)5)48-16-38(10)54(64)20-34(48)6/h13-20,22-25,39-40,55-56,61-66H,11-12,21,26-30H2,1-10H3. The first-order valence-electron chi connectivity index (χ1n) is 24.2. The lowest BCUT2D eigenvalue weighted by Gasteiger charge is -2.63. The minimum Gasteiger partial charge on any atom is -0.508 e. The third kappa shape index (κ3) is 7.40. The zero-order valence-corrected chi connectivity index (χ0v) is 40.6. The minimum atomic E-state index is -0.348. The zero-order chi connectivity index (χ0) is 47.3. The van der Waals surface area contributed by atoms with Crippen LogP contribution in [-0.4, -0.2) is 30.6 Å². The second-order valence-electron chi connectivity index (χ2n) is 21.2. The fourth-order valence-electron chi connectivity index (χ4n) is 13.5. The molecule has 0 unspecified atom stereocenters. The predicted molar refractivity (Wildman–Crippen MR) is 265 cm³/mol. The molecule has 0 radical (unpaired) electrons. The number of rotatable bonds is 10. The number of phenols is 6. The zero-order valence-electron chi connectivity index (χ0n) is 40.6. The summed E-state index contributed by atoms with van der Waals surface area (Å²) >= 11 is 0. The lowest BCUT2D eigenvalue weighted by molar-refractivity contribution is -0.0282. The summed E-state index contributed by atoms with van der Waals surface area (Å²) in [5.74, 6) is 1.95. The van der Waals surface area contributed by atoms with Gasteiger partial charge in [-0.2, -0.15) is 0 Å². The maximum atomic E-state index is 12.5. The normalized spacial score (nSPS) is 21.1. The molecule has 6 heteroatoms. The highest BCUT2D eigenvalue weighted by molar-refractivity contribution is 5.62. The van der Waals surface area contributed by atoms with Gasteiger partial charge in [0.2, 0.25) is 0 Å². The molecule has 344 valence electrons. The number of hydrogen-bond acceptors (Lipinski definition) is 6. The molecule has 0 saturated heterocycles. The van der Waals surface area contributed by atoms with Crippen LogP contribution in [0.2, 0.25) is 0 Å². The van der Waals surface area contributed by atoms with Gasteiger partial charge in [-0.25, -0.2) is 0 Å². The Bertz CT molecular complexity index is 2610. The smallest absolute Gasteiger partial charge is 0.122 e. The van der Waals surface area contributed by atoms with E-state index < -0.39 is 0 Å². The number of hydrogen-bond donors (Lipinski definition) is 6. The molecule has 0 aromatic heterocycles. The SMILES string of the molecule is CCc1cc(C23CC4CC(C2)CC(c2cc(CC)c(O)c(C(c5cc(C)c(O)cc5C)c5cc(C)c(O)cc5C)c2)(C4)C3)cc(C(c2cc(C)c(O)cc2C)c2cc(C)c(O)cc2C)c1O. The Labute approximate surface area is 391 Å². The molecule has 4 saturated carbocycles. The van der Waals surface area contributed by atoms with E-state index in [1.807, 2.05) is 79.7 Å². The Balaban J connectivity index is 1.24. The minimum absolute atomic E-state index is 0.139. The summed E-state index contributed by atoms with van der Waals surface area (Å²) in [6, 6.07) is 24.9. The Morgan fingerprint density at radius 2 is 0.682 bits per heavy atom. The van der Waals surface area contributed by atoms with Crippen LogP contribution < -0.4 is 0 Å². The van der Waals surface area contributed by atoms with Crippen LogP contribution in [0.5, 0.6) is 34.5 Å². The van der Waals surface area contributed by atoms with E-state index >= 15 is 0 Å². The average molecular weight is 885 g/mol. The Kier molecular flexibility index (Phi) is 11.3. The predicted octanol–water partition coefficient (Wildman–Crippen LogP) is 13.7. The average Bonchev–Trinajstić information content (AvgIpc) is 3.25. The van der Waals surface area contributed by atoms with E-state index in [2.05, 4.69) is 62.4 Å². The van der Waals surface area contributed by atoms with Crippen molar-refractivity contribution in [3.8, 4) is 34.5 Å². The number of phenolic OH excluding ortho intramolecular Hbond substituents is 6. The van der Waals surface area contributed by atoms with Gasteiger partial charge in [-0.05, 0) is 243 Å². The first kappa shape index (κ1) is 45.3. The van der Waals surface area contributed by atoms with Crippen LogP contribution in [-0.2, 0) is 23.7 Å². The van der Waals surface area contributed by atoms with Crippen molar-refractivity contribution in [2.75, 3.05) is 0 Å². The molecule has 0 spiro atoms. The van der Waals surface area contributed by atoms with Gasteiger partial charge in [0.15, 0.2) is 0 Å². The maximum absolute atomic E-state index is 12.5. The molecule has 4 bridgehead atoms. The van der Waals surface area contributed by atoms with Gasteiger partial charge < -0.3 is 30.6 Å². The van der Waals surface area contributed by atoms with Crippen molar-refractivity contribution in [1.82, 2.24) is 0 Å². The van der Waals surface area contributed by atoms with Crippen LogP contribution in [0.3, 0.4) is 0 Å². The Hall–Kier alpha value is -5.88. The molecule has 66 heavy (non-hydrogen) atoms. The van der Waals surface area contributed by atoms with Crippen molar-refractivity contribution in [2.45, 2.75) is 143 Å². The molecule has 0 amide bonds. The van der Waals surface area contributed by atoms with Gasteiger partial charge in [0.1, 0.15) is 34.5 Å². The second-order valence-corrected chi connectivity index (χ2v) is 21.2. The molecule has 0 aliphatic heterocycles. The second kappa shape index (κ2) is 16.5. The van der Waals surface area contributed by atoms with Gasteiger partial charge in [0.05, 0.1) is 0 Å². The van der Waals surface area contributed by atoms with E-state index in [0.717, 1.165) is 121 Å². The number of benzene rings is 6. The van der Waals surface area contributed by atoms with Crippen LogP contribution in [0.1, 0.15) is 164 Å². The molecule has 0 atom stereocenters. The van der Waals surface area contributed by atoms with Gasteiger partial charge in [0, 0.05) is 23.0 Å². The van der Waals surface area contributed by atoms with Crippen molar-refractivity contribution in [3.63, 3.8) is 0 Å². The lowest BCUT2D eigenvalue weighted by atomic mass is 9.41. The Morgan fingerprint density at radius 3 is 0.955 bits per heavy atom. The van der Waals surface area contributed by atoms with Crippen LogP contribution in [0, 0.1) is 67.2 Å². The van der Waals surface area contributed by atoms with Crippen molar-refractivity contribution < 1.29 is 30.6 Å². The van der Waals surface area contributed by atoms with E-state index in [4.69, 9.17) is 0 Å². The lowest BCUT2D eigenvalue weighted by Crippen LogP contribution is -2.56. The molecular formula is C60H68O6. The van der Waals surface area contributed by atoms with E-state index in [-0.39, 0.29) is 45.7 Å². The summed E-state index contributed by atoms with van der Waals surface area (Å²) in [6.07, 6.45) is 7.86. The van der Waals surface area contributed by atoms with Gasteiger partial charge in [-0.3, -0.25) is 0 Å². The molecule has 6 N–H and O–H groups in total. The molecule has 6 aromatic carbocycles. The van der Waals surface area contributed by atoms with Gasteiger partial charge in [-0.1, -0.05) is 62.4 Å². The van der Waals surface area contributed by atoms with E-state index in [1.54, 1.807) is 0 Å². The third-order valence-corrected chi connectivity index (χ3v) is 16.7. The summed E-state index contributed by atoms with van der Waals surface area (Å²) in [5, 5.41) is 68.3. The molecule has 4 aliphatic carbocycles. The molecule has 6 nitrogen and oxygen atoms in total. The van der Waals surface area contributed by atoms with E-state index in [1.165, 1.54) is 17.5 Å². The van der Waals surface area contributed by atoms with Crippen LogP contribution >= 0.6 is 0 Å². The monoisotopic (exact) mass is 885 g/mol. The summed E-state index contributed by atoms with van der Waals surface area (Å²) in [5.41, 5.74) is 16.8. The molecule has 6 aromatic rings. The highest BCUT2D eigenvalue weighted by Crippen LogP contribution is 2.67. The summed E-state index contributed by atoms with van der Waals surface area (Å²) in [7, 11) is 0. The van der Waals surface area contributed by atoms with Crippen molar-refractivity contribution >= 4 is 0 Å². The fraction of sp³-hybridized carbons (Fsp3) is 0.400. The van der Waals surface area contributed by atoms with Crippen molar-refractivity contribution in [1.29, 1.82) is 0 Å². The quantitative estimate of drug-likeness (QED) is 0.0762. The Morgan fingerprint density at radius 1 is 0.394 bits per heavy atom. The first-order valence-corrected chi connectivity index (χ1v) is 24.2. The molecule has 0 heterocycles. The third-order valence-electron chi connectivity index (χ3n) is 16.7. The van der Waals surface area contributed by atoms with Gasteiger partial charge >= 0.3 is 0 Å². The first-order chi connectivity index (χ1) is 31.3. The molecule has 4 aliphatic rings. The van der Waals surface area contributed by atoms with Gasteiger partial charge in [-0.15, -0.1) is 0 Å². The molecule has 10 rings (SSSR count). The van der Waals surface area contributed by atoms with E-state index in [9.17, 15) is 30.6 Å². The van der Waals surface area contributed by atoms with Crippen molar-refractivity contribution in [2.24, 2.45) is 11.8 Å². The highest BCUT2D eigenvalue weighted by Gasteiger charge is 2.59. The summed E-state index contributed by atoms with van der Waals surface area (Å²) in [4.78, 5) is 0. The van der Waals surface area contributed by atoms with Crippen LogP contribution in [0.15, 0.2) is 72.8 Å². The highest BCUT2D eigenvalue weighted by atomic mass is 16.3. The number of aryl methyl sites for hydroxylation is 10. The largest absolute Gasteiger partial charge is 0.508 e. The topological polar surface area (TPSA) is 121 Å².